The van der Waals surface area contributed by atoms with Crippen LogP contribution in [0, 0.1) is 6.92 Å². The summed E-state index contributed by atoms with van der Waals surface area (Å²) in [5.41, 5.74) is 0.829. The zero-order valence-corrected chi connectivity index (χ0v) is 11.8. The third-order valence-electron chi connectivity index (χ3n) is 2.48. The summed E-state index contributed by atoms with van der Waals surface area (Å²) in [6.07, 6.45) is 1.25. The molecule has 6 nitrogen and oxygen atoms in total. The number of anilines is 1. The van der Waals surface area contributed by atoms with Gasteiger partial charge in [-0.25, -0.2) is 8.42 Å². The molecule has 2 aromatic rings. The molecule has 0 fully saturated rings. The number of H-pyrrole nitrogens is 1. The van der Waals surface area contributed by atoms with Crippen molar-refractivity contribution < 1.29 is 13.2 Å². The Morgan fingerprint density at radius 3 is 2.74 bits per heavy atom. The Morgan fingerprint density at radius 2 is 2.16 bits per heavy atom. The second-order valence-electron chi connectivity index (χ2n) is 3.81. The van der Waals surface area contributed by atoms with Crippen LogP contribution in [0.25, 0.3) is 0 Å². The van der Waals surface area contributed by atoms with Crippen LogP contribution in [0.3, 0.4) is 0 Å². The SMILES string of the molecule is COc1cc(NS(=O)(=O)c2cn[nH]c2C)ccc1Cl. The van der Waals surface area contributed by atoms with Gasteiger partial charge in [0.1, 0.15) is 10.6 Å². The van der Waals surface area contributed by atoms with Crippen LogP contribution in [-0.2, 0) is 10.0 Å². The molecule has 0 bridgehead atoms. The van der Waals surface area contributed by atoms with E-state index in [0.717, 1.165) is 0 Å². The van der Waals surface area contributed by atoms with E-state index in [1.54, 1.807) is 19.1 Å². The van der Waals surface area contributed by atoms with Gasteiger partial charge in [0, 0.05) is 6.07 Å². The first kappa shape index (κ1) is 13.7. The minimum atomic E-state index is -3.68. The summed E-state index contributed by atoms with van der Waals surface area (Å²) in [6, 6.07) is 4.62. The second-order valence-corrected chi connectivity index (χ2v) is 5.87. The van der Waals surface area contributed by atoms with E-state index in [1.807, 2.05) is 0 Å². The van der Waals surface area contributed by atoms with E-state index >= 15 is 0 Å². The molecular formula is C11H12ClN3O3S. The van der Waals surface area contributed by atoms with Crippen LogP contribution in [0.4, 0.5) is 5.69 Å². The molecule has 8 heteroatoms. The Morgan fingerprint density at radius 1 is 1.42 bits per heavy atom. The van der Waals surface area contributed by atoms with Gasteiger partial charge in [-0.3, -0.25) is 9.82 Å². The first-order valence-electron chi connectivity index (χ1n) is 5.30. The molecule has 0 saturated carbocycles. The molecule has 0 spiro atoms. The molecular weight excluding hydrogens is 290 g/mol. The number of halogens is 1. The van der Waals surface area contributed by atoms with Gasteiger partial charge in [0.05, 0.1) is 29.7 Å². The van der Waals surface area contributed by atoms with E-state index in [2.05, 4.69) is 14.9 Å². The fraction of sp³-hybridized carbons (Fsp3) is 0.182. The van der Waals surface area contributed by atoms with Gasteiger partial charge in [-0.1, -0.05) is 11.6 Å². The topological polar surface area (TPSA) is 84.1 Å². The standard InChI is InChI=1S/C11H12ClN3O3S/c1-7-11(6-13-14-7)19(16,17)15-8-3-4-9(12)10(5-8)18-2/h3-6,15H,1-2H3,(H,13,14). The highest BCUT2D eigenvalue weighted by molar-refractivity contribution is 7.92. The molecule has 0 unspecified atom stereocenters. The molecule has 0 radical (unpaired) electrons. The first-order chi connectivity index (χ1) is 8.94. The summed E-state index contributed by atoms with van der Waals surface area (Å²) in [5.74, 6) is 0.394. The predicted octanol–water partition coefficient (Wildman–Crippen LogP) is 2.18. The van der Waals surface area contributed by atoms with Gasteiger partial charge in [0.2, 0.25) is 0 Å². The highest BCUT2D eigenvalue weighted by Crippen LogP contribution is 2.28. The Labute approximate surface area is 115 Å². The van der Waals surface area contributed by atoms with Gasteiger partial charge >= 0.3 is 0 Å². The molecule has 1 aromatic heterocycles. The zero-order valence-electron chi connectivity index (χ0n) is 10.3. The molecule has 0 aliphatic heterocycles. The van der Waals surface area contributed by atoms with E-state index in [9.17, 15) is 8.42 Å². The molecule has 2 rings (SSSR count). The van der Waals surface area contributed by atoms with Crippen molar-refractivity contribution in [3.8, 4) is 5.75 Å². The van der Waals surface area contributed by atoms with Crippen LogP contribution in [0.5, 0.6) is 5.75 Å². The van der Waals surface area contributed by atoms with E-state index in [-0.39, 0.29) is 4.90 Å². The normalized spacial score (nSPS) is 11.3. The van der Waals surface area contributed by atoms with Crippen LogP contribution in [0.2, 0.25) is 5.02 Å². The van der Waals surface area contributed by atoms with Crippen LogP contribution >= 0.6 is 11.6 Å². The lowest BCUT2D eigenvalue weighted by Crippen LogP contribution is -2.13. The molecule has 19 heavy (non-hydrogen) atoms. The van der Waals surface area contributed by atoms with Crippen molar-refractivity contribution in [2.24, 2.45) is 0 Å². The minimum Gasteiger partial charge on any atom is -0.495 e. The number of ether oxygens (including phenoxy) is 1. The number of sulfonamides is 1. The van der Waals surface area contributed by atoms with Gasteiger partial charge in [-0.2, -0.15) is 5.10 Å². The number of benzene rings is 1. The maximum absolute atomic E-state index is 12.1. The monoisotopic (exact) mass is 301 g/mol. The number of aromatic nitrogens is 2. The molecule has 0 saturated heterocycles. The number of nitrogens with zero attached hydrogens (tertiary/aromatic N) is 1. The van der Waals surface area contributed by atoms with E-state index in [4.69, 9.17) is 16.3 Å². The molecule has 1 heterocycles. The molecule has 0 atom stereocenters. The Balaban J connectivity index is 2.34. The second kappa shape index (κ2) is 5.10. The van der Waals surface area contributed by atoms with Crippen molar-refractivity contribution in [3.63, 3.8) is 0 Å². The summed E-state index contributed by atoms with van der Waals surface area (Å²) in [5, 5.41) is 6.67. The predicted molar refractivity (Wildman–Crippen MR) is 72.1 cm³/mol. The number of rotatable bonds is 4. The van der Waals surface area contributed by atoms with Crippen LogP contribution in [0.15, 0.2) is 29.3 Å². The largest absolute Gasteiger partial charge is 0.495 e. The average Bonchev–Trinajstić information content (AvgIpc) is 2.78. The summed E-state index contributed by atoms with van der Waals surface area (Å²) < 4.78 is 31.7. The smallest absolute Gasteiger partial charge is 0.265 e. The molecule has 0 amide bonds. The summed E-state index contributed by atoms with van der Waals surface area (Å²) in [7, 11) is -2.22. The summed E-state index contributed by atoms with van der Waals surface area (Å²) in [4.78, 5) is 0.0985. The molecule has 102 valence electrons. The van der Waals surface area contributed by atoms with Crippen LogP contribution < -0.4 is 9.46 Å². The van der Waals surface area contributed by atoms with E-state index in [1.165, 1.54) is 19.4 Å². The van der Waals surface area contributed by atoms with E-state index in [0.29, 0.717) is 22.2 Å². The molecule has 0 aliphatic rings. The Hall–Kier alpha value is -1.73. The number of hydrogen-bond acceptors (Lipinski definition) is 4. The Bertz CT molecular complexity index is 697. The number of aryl methyl sites for hydroxylation is 1. The van der Waals surface area contributed by atoms with Crippen molar-refractivity contribution in [1.29, 1.82) is 0 Å². The molecule has 1 aromatic carbocycles. The lowest BCUT2D eigenvalue weighted by atomic mass is 10.3. The van der Waals surface area contributed by atoms with Crippen molar-refractivity contribution in [1.82, 2.24) is 10.2 Å². The molecule has 0 aliphatic carbocycles. The van der Waals surface area contributed by atoms with E-state index < -0.39 is 10.0 Å². The summed E-state index contributed by atoms with van der Waals surface area (Å²) in [6.45, 7) is 1.63. The van der Waals surface area contributed by atoms with Crippen molar-refractivity contribution in [2.45, 2.75) is 11.8 Å². The minimum absolute atomic E-state index is 0.0985. The maximum atomic E-state index is 12.1. The Kier molecular flexibility index (Phi) is 3.68. The van der Waals surface area contributed by atoms with Crippen LogP contribution in [0.1, 0.15) is 5.69 Å². The molecule has 2 N–H and O–H groups in total. The van der Waals surface area contributed by atoms with Gasteiger partial charge in [-0.15, -0.1) is 0 Å². The lowest BCUT2D eigenvalue weighted by Gasteiger charge is -2.09. The zero-order chi connectivity index (χ0) is 14.0. The van der Waals surface area contributed by atoms with Gasteiger partial charge in [-0.05, 0) is 19.1 Å². The fourth-order valence-corrected chi connectivity index (χ4v) is 2.93. The van der Waals surface area contributed by atoms with Crippen LogP contribution in [-0.4, -0.2) is 25.7 Å². The number of nitrogens with one attached hydrogen (secondary N) is 2. The third kappa shape index (κ3) is 2.82. The maximum Gasteiger partial charge on any atom is 0.265 e. The highest BCUT2D eigenvalue weighted by Gasteiger charge is 2.19. The average molecular weight is 302 g/mol. The lowest BCUT2D eigenvalue weighted by molar-refractivity contribution is 0.415. The number of aromatic amines is 1. The van der Waals surface area contributed by atoms with Crippen molar-refractivity contribution in [2.75, 3.05) is 11.8 Å². The number of hydrogen-bond donors (Lipinski definition) is 2. The third-order valence-corrected chi connectivity index (χ3v) is 4.28. The van der Waals surface area contributed by atoms with Crippen molar-refractivity contribution in [3.05, 3.63) is 35.1 Å². The highest BCUT2D eigenvalue weighted by atomic mass is 35.5. The summed E-state index contributed by atoms with van der Waals surface area (Å²) >= 11 is 5.88. The van der Waals surface area contributed by atoms with Gasteiger partial charge in [0.15, 0.2) is 0 Å². The van der Waals surface area contributed by atoms with Gasteiger partial charge < -0.3 is 4.74 Å². The fourth-order valence-electron chi connectivity index (χ4n) is 1.54. The quantitative estimate of drug-likeness (QED) is 0.906. The number of methoxy groups -OCH3 is 1. The van der Waals surface area contributed by atoms with Crippen molar-refractivity contribution >= 4 is 27.3 Å². The van der Waals surface area contributed by atoms with Gasteiger partial charge in [0.25, 0.3) is 10.0 Å². The first-order valence-corrected chi connectivity index (χ1v) is 7.16.